The van der Waals surface area contributed by atoms with Crippen molar-refractivity contribution in [3.63, 3.8) is 0 Å². The van der Waals surface area contributed by atoms with E-state index in [9.17, 15) is 20.1 Å². The van der Waals surface area contributed by atoms with Gasteiger partial charge in [0.1, 0.15) is 22.7 Å². The van der Waals surface area contributed by atoms with Gasteiger partial charge in [0.15, 0.2) is 0 Å². The number of benzene rings is 3. The van der Waals surface area contributed by atoms with E-state index in [1.165, 1.54) is 6.07 Å². The molecule has 0 spiro atoms. The molecule has 0 amide bonds. The van der Waals surface area contributed by atoms with E-state index < -0.39 is 23.1 Å². The highest BCUT2D eigenvalue weighted by Gasteiger charge is 2.63. The summed E-state index contributed by atoms with van der Waals surface area (Å²) in [6, 6.07) is 18.1. The molecule has 146 valence electrons. The summed E-state index contributed by atoms with van der Waals surface area (Å²) < 4.78 is 5.50. The quantitative estimate of drug-likeness (QED) is 0.446. The van der Waals surface area contributed by atoms with Crippen LogP contribution in [-0.4, -0.2) is 21.3 Å². The Hall–Kier alpha value is -2.86. The number of fused-ring (bicyclic) bond motifs is 1. The van der Waals surface area contributed by atoms with Crippen molar-refractivity contribution in [2.24, 2.45) is 5.92 Å². The summed E-state index contributed by atoms with van der Waals surface area (Å²) >= 11 is 6.11. The minimum atomic E-state index is -1.76. The molecule has 3 unspecified atom stereocenters. The fourth-order valence-electron chi connectivity index (χ4n) is 4.74. The lowest BCUT2D eigenvalue weighted by Crippen LogP contribution is -2.57. The third kappa shape index (κ3) is 2.32. The standard InChI is InChI=1S/C23H17ClO5/c24-17-9-3-4-11-19(17)29-21(26)16-12-22(27)13-6-1-2-7-14(13)23(16,28)15-8-5-10-18(25)20(15)22/h1-11,16,25,27-28H,12H2. The summed E-state index contributed by atoms with van der Waals surface area (Å²) in [4.78, 5) is 13.1. The Labute approximate surface area is 171 Å². The molecule has 0 heterocycles. The van der Waals surface area contributed by atoms with Crippen molar-refractivity contribution in [1.82, 2.24) is 0 Å². The third-order valence-corrected chi connectivity index (χ3v) is 6.30. The second kappa shape index (κ2) is 6.07. The van der Waals surface area contributed by atoms with Crippen molar-refractivity contribution in [1.29, 1.82) is 0 Å². The maximum absolute atomic E-state index is 13.1. The van der Waals surface area contributed by atoms with Gasteiger partial charge in [-0.25, -0.2) is 0 Å². The molecule has 0 saturated carbocycles. The molecule has 29 heavy (non-hydrogen) atoms. The van der Waals surface area contributed by atoms with Crippen molar-refractivity contribution in [2.45, 2.75) is 17.6 Å². The highest BCUT2D eigenvalue weighted by molar-refractivity contribution is 6.32. The second-order valence-corrected chi connectivity index (χ2v) is 7.89. The predicted molar refractivity (Wildman–Crippen MR) is 106 cm³/mol. The van der Waals surface area contributed by atoms with Crippen LogP contribution in [0.4, 0.5) is 0 Å². The van der Waals surface area contributed by atoms with Crippen LogP contribution < -0.4 is 4.74 Å². The number of carbonyl (C=O) groups excluding carboxylic acids is 1. The molecule has 3 aliphatic rings. The second-order valence-electron chi connectivity index (χ2n) is 7.48. The molecule has 3 aliphatic carbocycles. The molecule has 0 aromatic heterocycles. The Bertz CT molecular complexity index is 1160. The number of esters is 1. The molecule has 6 heteroatoms. The number of phenols is 1. The smallest absolute Gasteiger partial charge is 0.318 e. The first-order chi connectivity index (χ1) is 13.9. The van der Waals surface area contributed by atoms with E-state index in [2.05, 4.69) is 0 Å². The van der Waals surface area contributed by atoms with Crippen LogP contribution in [0.15, 0.2) is 66.7 Å². The summed E-state index contributed by atoms with van der Waals surface area (Å²) in [5.74, 6) is -1.74. The van der Waals surface area contributed by atoms with Crippen LogP contribution in [0.3, 0.4) is 0 Å². The van der Waals surface area contributed by atoms with E-state index in [1.807, 2.05) is 0 Å². The predicted octanol–water partition coefficient (Wildman–Crippen LogP) is 3.46. The molecule has 6 rings (SSSR count). The Morgan fingerprint density at radius 2 is 1.59 bits per heavy atom. The molecule has 3 aromatic rings. The van der Waals surface area contributed by atoms with E-state index in [0.29, 0.717) is 16.7 Å². The number of rotatable bonds is 2. The van der Waals surface area contributed by atoms with Crippen molar-refractivity contribution in [3.8, 4) is 11.5 Å². The molecule has 3 atom stereocenters. The van der Waals surface area contributed by atoms with Crippen molar-refractivity contribution in [2.75, 3.05) is 0 Å². The minimum Gasteiger partial charge on any atom is -0.508 e. The van der Waals surface area contributed by atoms with Crippen LogP contribution in [0, 0.1) is 5.92 Å². The summed E-state index contributed by atoms with van der Waals surface area (Å²) in [6.07, 6.45) is -0.131. The average molecular weight is 409 g/mol. The number of aliphatic hydroxyl groups is 2. The van der Waals surface area contributed by atoms with E-state index in [4.69, 9.17) is 16.3 Å². The number of aromatic hydroxyl groups is 1. The van der Waals surface area contributed by atoms with Gasteiger partial charge in [-0.3, -0.25) is 4.79 Å². The Balaban J connectivity index is 1.69. The van der Waals surface area contributed by atoms with Crippen LogP contribution in [0.25, 0.3) is 0 Å². The van der Waals surface area contributed by atoms with Crippen LogP contribution in [0.2, 0.25) is 5.02 Å². The molecular weight excluding hydrogens is 392 g/mol. The lowest BCUT2D eigenvalue weighted by molar-refractivity contribution is -0.157. The van der Waals surface area contributed by atoms with Gasteiger partial charge in [-0.2, -0.15) is 0 Å². The highest BCUT2D eigenvalue weighted by atomic mass is 35.5. The zero-order chi connectivity index (χ0) is 20.4. The number of hydrogen-bond donors (Lipinski definition) is 3. The number of para-hydroxylation sites is 1. The van der Waals surface area contributed by atoms with Gasteiger partial charge in [0.2, 0.25) is 0 Å². The van der Waals surface area contributed by atoms with E-state index in [0.717, 1.165) is 0 Å². The topological polar surface area (TPSA) is 87.0 Å². The molecule has 2 bridgehead atoms. The first-order valence-electron chi connectivity index (χ1n) is 9.21. The van der Waals surface area contributed by atoms with Crippen molar-refractivity contribution >= 4 is 17.6 Å². The van der Waals surface area contributed by atoms with Crippen LogP contribution in [0.1, 0.15) is 28.7 Å². The van der Waals surface area contributed by atoms with Gasteiger partial charge in [-0.1, -0.05) is 60.1 Å². The summed E-state index contributed by atoms with van der Waals surface area (Å²) in [7, 11) is 0. The average Bonchev–Trinajstić information content (AvgIpc) is 2.71. The Kier molecular flexibility index (Phi) is 3.80. The maximum Gasteiger partial charge on any atom is 0.318 e. The highest BCUT2D eigenvalue weighted by Crippen LogP contribution is 2.61. The van der Waals surface area contributed by atoms with E-state index in [-0.39, 0.29) is 28.5 Å². The van der Waals surface area contributed by atoms with Gasteiger partial charge in [0.25, 0.3) is 0 Å². The van der Waals surface area contributed by atoms with Gasteiger partial charge in [0, 0.05) is 12.0 Å². The zero-order valence-corrected chi connectivity index (χ0v) is 15.9. The third-order valence-electron chi connectivity index (χ3n) is 5.99. The molecule has 0 aliphatic heterocycles. The maximum atomic E-state index is 13.1. The molecule has 0 fully saturated rings. The van der Waals surface area contributed by atoms with Gasteiger partial charge < -0.3 is 20.1 Å². The summed E-state index contributed by atoms with van der Waals surface area (Å²) in [5.41, 5.74) is -1.97. The van der Waals surface area contributed by atoms with Crippen LogP contribution in [0.5, 0.6) is 11.5 Å². The molecular formula is C23H17ClO5. The molecule has 3 N–H and O–H groups in total. The molecule has 0 saturated heterocycles. The Morgan fingerprint density at radius 3 is 2.34 bits per heavy atom. The zero-order valence-electron chi connectivity index (χ0n) is 15.2. The van der Waals surface area contributed by atoms with Gasteiger partial charge >= 0.3 is 5.97 Å². The van der Waals surface area contributed by atoms with Gasteiger partial charge in [-0.15, -0.1) is 0 Å². The van der Waals surface area contributed by atoms with E-state index in [1.54, 1.807) is 60.7 Å². The van der Waals surface area contributed by atoms with Gasteiger partial charge in [-0.05, 0) is 34.9 Å². The number of ether oxygens (including phenoxy) is 1. The monoisotopic (exact) mass is 408 g/mol. The summed E-state index contributed by atoms with van der Waals surface area (Å²) in [6.45, 7) is 0. The lowest BCUT2D eigenvalue weighted by Gasteiger charge is -2.53. The number of halogens is 1. The van der Waals surface area contributed by atoms with Crippen molar-refractivity contribution in [3.05, 3.63) is 94.0 Å². The van der Waals surface area contributed by atoms with Crippen LogP contribution >= 0.6 is 11.6 Å². The first-order valence-corrected chi connectivity index (χ1v) is 9.59. The Morgan fingerprint density at radius 1 is 0.931 bits per heavy atom. The molecule has 5 nitrogen and oxygen atoms in total. The fraction of sp³-hybridized carbons (Fsp3) is 0.174. The molecule has 3 aromatic carbocycles. The molecule has 0 radical (unpaired) electrons. The minimum absolute atomic E-state index is 0.129. The number of carbonyl (C=O) groups is 1. The summed E-state index contributed by atoms with van der Waals surface area (Å²) in [5, 5.41) is 34.3. The van der Waals surface area contributed by atoms with Gasteiger partial charge in [0.05, 0.1) is 10.9 Å². The first kappa shape index (κ1) is 18.2. The van der Waals surface area contributed by atoms with Crippen LogP contribution in [-0.2, 0) is 16.0 Å². The SMILES string of the molecule is O=C(Oc1ccccc1Cl)C1CC2(O)c3ccccc3C1(O)c1cccc(O)c12. The number of phenolic OH excluding ortho intramolecular Hbond substituents is 1. The van der Waals surface area contributed by atoms with E-state index >= 15 is 0 Å². The number of hydrogen-bond acceptors (Lipinski definition) is 5. The normalized spacial score (nSPS) is 26.5. The van der Waals surface area contributed by atoms with Crippen molar-refractivity contribution < 1.29 is 24.9 Å². The largest absolute Gasteiger partial charge is 0.508 e. The fourth-order valence-corrected chi connectivity index (χ4v) is 4.91. The lowest BCUT2D eigenvalue weighted by atomic mass is 9.54.